The van der Waals surface area contributed by atoms with Gasteiger partial charge in [0.2, 0.25) is 0 Å². The number of hydrogen-bond donors (Lipinski definition) is 1. The fourth-order valence-corrected chi connectivity index (χ4v) is 9.21. The van der Waals surface area contributed by atoms with Gasteiger partial charge in [-0.2, -0.15) is 0 Å². The molecule has 0 aliphatic carbocycles. The van der Waals surface area contributed by atoms with Gasteiger partial charge in [0, 0.05) is 67.1 Å². The normalized spacial score (nSPS) is 12.8. The van der Waals surface area contributed by atoms with E-state index in [1.165, 1.54) is 42.1 Å². The quantitative estimate of drug-likeness (QED) is 0.0845. The smallest absolute Gasteiger partial charge is 0.164 e. The summed E-state index contributed by atoms with van der Waals surface area (Å²) < 4.78 is 3.77. The second-order valence-electron chi connectivity index (χ2n) is 16.0. The first-order valence-electron chi connectivity index (χ1n) is 18.6. The van der Waals surface area contributed by atoms with Crippen molar-refractivity contribution in [2.75, 3.05) is 0 Å². The second kappa shape index (κ2) is 16.6. The van der Waals surface area contributed by atoms with Crippen molar-refractivity contribution in [3.63, 3.8) is 0 Å². The van der Waals surface area contributed by atoms with Gasteiger partial charge in [-0.05, 0) is 61.0 Å². The Kier molecular flexibility index (Phi) is 13.3. The molecule has 6 rings (SSSR count). The number of nitrogens with zero attached hydrogens (tertiary/aromatic N) is 2. The van der Waals surface area contributed by atoms with Crippen molar-refractivity contribution in [1.82, 2.24) is 9.97 Å². The number of aliphatic hydroxyl groups is 1. The number of hydrogen-bond acceptors (Lipinski definition) is 6. The zero-order valence-corrected chi connectivity index (χ0v) is 36.8. The zero-order valence-electron chi connectivity index (χ0n) is 32.8. The molecular weight excluding hydrogens is 857 g/mol. The topological polar surface area (TPSA) is 63.1 Å². The van der Waals surface area contributed by atoms with E-state index >= 15 is 0 Å². The van der Waals surface area contributed by atoms with Gasteiger partial charge in [-0.3, -0.25) is 9.78 Å². The molecule has 0 fully saturated rings. The molecule has 0 atom stereocenters. The van der Waals surface area contributed by atoms with Gasteiger partial charge < -0.3 is 5.11 Å². The number of benzene rings is 3. The molecule has 0 unspecified atom stereocenters. The van der Waals surface area contributed by atoms with Crippen LogP contribution in [0.3, 0.4) is 0 Å². The number of aromatic nitrogens is 2. The van der Waals surface area contributed by atoms with Crippen molar-refractivity contribution in [3.05, 3.63) is 83.2 Å². The molecule has 0 spiro atoms. The summed E-state index contributed by atoms with van der Waals surface area (Å²) >= 11 is 3.72. The van der Waals surface area contributed by atoms with Crippen LogP contribution in [0.25, 0.3) is 52.4 Å². The molecule has 0 amide bonds. The van der Waals surface area contributed by atoms with Crippen LogP contribution in [-0.2, 0) is 36.7 Å². The van der Waals surface area contributed by atoms with Crippen molar-refractivity contribution in [3.8, 4) is 11.3 Å². The van der Waals surface area contributed by atoms with Crippen LogP contribution < -0.4 is 0 Å². The van der Waals surface area contributed by atoms with Crippen LogP contribution in [0.1, 0.15) is 112 Å². The predicted octanol–water partition coefficient (Wildman–Crippen LogP) is 13.8. The van der Waals surface area contributed by atoms with Gasteiger partial charge in [-0.15, -0.1) is 51.8 Å². The van der Waals surface area contributed by atoms with E-state index in [1.54, 1.807) is 17.7 Å². The molecule has 7 heteroatoms. The molecule has 0 bridgehead atoms. The Morgan fingerprint density at radius 3 is 2.13 bits per heavy atom. The van der Waals surface area contributed by atoms with Crippen LogP contribution >= 0.6 is 22.7 Å². The first-order valence-corrected chi connectivity index (χ1v) is 20.2. The largest absolute Gasteiger partial charge is 0.512 e. The average molecular weight is 912 g/mol. The summed E-state index contributed by atoms with van der Waals surface area (Å²) in [4.78, 5) is 23.2. The predicted molar refractivity (Wildman–Crippen MR) is 222 cm³/mol. The number of aliphatic hydroxyl groups excluding tert-OH is 1. The van der Waals surface area contributed by atoms with E-state index < -0.39 is 0 Å². The molecule has 0 aliphatic heterocycles. The first kappa shape index (κ1) is 41.8. The van der Waals surface area contributed by atoms with Crippen LogP contribution in [0.15, 0.2) is 66.7 Å². The summed E-state index contributed by atoms with van der Waals surface area (Å²) in [7, 11) is 0. The molecule has 3 aromatic carbocycles. The van der Waals surface area contributed by atoms with Crippen LogP contribution in [0.4, 0.5) is 0 Å². The zero-order chi connectivity index (χ0) is 37.3. The molecule has 3 heterocycles. The molecule has 52 heavy (non-hydrogen) atoms. The number of allylic oxidation sites excluding steroid dienone is 2. The third-order valence-electron chi connectivity index (χ3n) is 11.0. The van der Waals surface area contributed by atoms with Gasteiger partial charge in [-0.25, -0.2) is 4.98 Å². The molecule has 4 nitrogen and oxygen atoms in total. The number of ketones is 1. The molecule has 0 saturated carbocycles. The van der Waals surface area contributed by atoms with E-state index in [4.69, 9.17) is 9.97 Å². The van der Waals surface area contributed by atoms with Gasteiger partial charge in [0.05, 0.1) is 5.52 Å². The molecule has 279 valence electrons. The van der Waals surface area contributed by atoms with Crippen LogP contribution in [-0.4, -0.2) is 20.9 Å². The molecular formula is C45H55IrN2O2S2-. The van der Waals surface area contributed by atoms with E-state index in [1.807, 2.05) is 52.9 Å². The third kappa shape index (κ3) is 8.39. The fraction of sp³-hybridized carbons (Fsp3) is 0.444. The van der Waals surface area contributed by atoms with Crippen LogP contribution in [0, 0.1) is 22.8 Å². The first-order chi connectivity index (χ1) is 24.1. The Hall–Kier alpha value is -2.96. The summed E-state index contributed by atoms with van der Waals surface area (Å²) in [6, 6.07) is 21.4. The number of carbonyl (C=O) groups is 1. The van der Waals surface area contributed by atoms with Crippen molar-refractivity contribution in [1.29, 1.82) is 0 Å². The standard InChI is InChI=1S/C30H27N2S2.C15H28O2.Ir/c1-17(2)12-21-14-19-10-11-24-25(28(19)33-21)27-29(34-24)26(31-16-32-27)20-13-18-8-6-7-9-22(18)23(15-20)30(3,4)5;1-7-14(5,8-2)12(16)11-13(17)15(6,9-3)10-4;/h6-11,14-17H,12H2,1-5H3;11,16H,7-10H2,1-6H3;/q-1;;/b;12-11-;. The number of fused-ring (bicyclic) bond motifs is 6. The summed E-state index contributed by atoms with van der Waals surface area (Å²) in [5.41, 5.74) is 3.83. The summed E-state index contributed by atoms with van der Waals surface area (Å²) in [6.45, 7) is 23.5. The number of rotatable bonds is 10. The van der Waals surface area contributed by atoms with E-state index in [-0.39, 0.29) is 47.9 Å². The Bertz CT molecular complexity index is 2210. The Morgan fingerprint density at radius 1 is 0.865 bits per heavy atom. The molecule has 0 saturated heterocycles. The average Bonchev–Trinajstić information content (AvgIpc) is 3.70. The maximum Gasteiger partial charge on any atom is 0.164 e. The van der Waals surface area contributed by atoms with E-state index in [0.717, 1.165) is 59.0 Å². The number of carbonyl (C=O) groups excluding carboxylic acids is 1. The summed E-state index contributed by atoms with van der Waals surface area (Å²) in [5.74, 6) is 0.936. The second-order valence-corrected chi connectivity index (χ2v) is 18.2. The van der Waals surface area contributed by atoms with Crippen LogP contribution in [0.5, 0.6) is 0 Å². The molecule has 1 radical (unpaired) electrons. The fourth-order valence-electron chi connectivity index (χ4n) is 6.56. The van der Waals surface area contributed by atoms with Gasteiger partial charge >= 0.3 is 0 Å². The Labute approximate surface area is 332 Å². The van der Waals surface area contributed by atoms with E-state index in [2.05, 4.69) is 89.2 Å². The van der Waals surface area contributed by atoms with E-state index in [9.17, 15) is 9.90 Å². The number of thiophene rings is 2. The molecule has 6 aromatic rings. The van der Waals surface area contributed by atoms with Gasteiger partial charge in [0.1, 0.15) is 12.1 Å². The Balaban J connectivity index is 0.000000289. The van der Waals surface area contributed by atoms with Gasteiger partial charge in [0.15, 0.2) is 5.78 Å². The molecule has 0 aliphatic rings. The van der Waals surface area contributed by atoms with Gasteiger partial charge in [0.25, 0.3) is 0 Å². The minimum absolute atomic E-state index is 0. The van der Waals surface area contributed by atoms with E-state index in [0.29, 0.717) is 5.92 Å². The SMILES string of the molecule is CC(C)Cc1cc2ccc3sc4c(-c5[c-]c6ccccc6c(C(C)(C)C)c5)ncnc4c3c2s1.CCC(C)(CC)C(=O)/C=C(\O)C(C)(CC)CC.[Ir]. The maximum absolute atomic E-state index is 12.2. The molecule has 3 aromatic heterocycles. The van der Waals surface area contributed by atoms with Crippen molar-refractivity contribution in [2.24, 2.45) is 16.7 Å². The minimum atomic E-state index is -0.337. The van der Waals surface area contributed by atoms with Crippen molar-refractivity contribution < 1.29 is 30.0 Å². The minimum Gasteiger partial charge on any atom is -0.512 e. The van der Waals surface area contributed by atoms with Crippen molar-refractivity contribution >= 4 is 69.6 Å². The van der Waals surface area contributed by atoms with Gasteiger partial charge in [-0.1, -0.05) is 111 Å². The third-order valence-corrected chi connectivity index (χ3v) is 13.3. The summed E-state index contributed by atoms with van der Waals surface area (Å²) in [6.07, 6.45) is 7.60. The van der Waals surface area contributed by atoms with Crippen molar-refractivity contribution in [2.45, 2.75) is 114 Å². The Morgan fingerprint density at radius 2 is 1.52 bits per heavy atom. The maximum atomic E-state index is 12.2. The monoisotopic (exact) mass is 912 g/mol. The summed E-state index contributed by atoms with van der Waals surface area (Å²) in [5, 5.41) is 15.1. The molecule has 1 N–H and O–H groups in total. The van der Waals surface area contributed by atoms with Crippen LogP contribution in [0.2, 0.25) is 0 Å².